The summed E-state index contributed by atoms with van der Waals surface area (Å²) in [6.07, 6.45) is -0.813. The minimum Gasteiger partial charge on any atom is -0.481 e. The lowest BCUT2D eigenvalue weighted by molar-refractivity contribution is -0.140. The molecule has 0 heterocycles. The molecular weight excluding hydrogens is 266 g/mol. The third kappa shape index (κ3) is 7.70. The maximum atomic E-state index is 11.5. The van der Waals surface area contributed by atoms with E-state index in [1.54, 1.807) is 13.8 Å². The number of aliphatic carboxylic acids is 1. The van der Waals surface area contributed by atoms with Crippen molar-refractivity contribution in [1.29, 1.82) is 0 Å². The van der Waals surface area contributed by atoms with Crippen LogP contribution in [0.15, 0.2) is 0 Å². The summed E-state index contributed by atoms with van der Waals surface area (Å²) in [4.78, 5) is 33.5. The van der Waals surface area contributed by atoms with Gasteiger partial charge in [-0.2, -0.15) is 0 Å². The van der Waals surface area contributed by atoms with Crippen LogP contribution in [0.25, 0.3) is 0 Å². The van der Waals surface area contributed by atoms with Crippen molar-refractivity contribution in [3.8, 4) is 0 Å². The minimum absolute atomic E-state index is 0.0218. The molecule has 1 unspecified atom stereocenters. The van der Waals surface area contributed by atoms with Gasteiger partial charge in [-0.3, -0.25) is 14.4 Å². The summed E-state index contributed by atoms with van der Waals surface area (Å²) < 4.78 is 4.90. The van der Waals surface area contributed by atoms with Gasteiger partial charge in [0.1, 0.15) is 0 Å². The van der Waals surface area contributed by atoms with Crippen molar-refractivity contribution in [2.45, 2.75) is 32.4 Å². The largest absolute Gasteiger partial charge is 0.481 e. The molecule has 20 heavy (non-hydrogen) atoms. The summed E-state index contributed by atoms with van der Waals surface area (Å²) in [5, 5.41) is 13.5. The lowest BCUT2D eigenvalue weighted by Crippen LogP contribution is -2.48. The van der Waals surface area contributed by atoms with Gasteiger partial charge in [0.05, 0.1) is 25.1 Å². The van der Waals surface area contributed by atoms with E-state index < -0.39 is 29.9 Å². The van der Waals surface area contributed by atoms with Gasteiger partial charge in [-0.15, -0.1) is 0 Å². The second kappa shape index (κ2) is 9.27. The molecule has 8 nitrogen and oxygen atoms in total. The molecule has 0 aliphatic carbocycles. The lowest BCUT2D eigenvalue weighted by atomic mass is 10.1. The Hall–Kier alpha value is -1.67. The molecule has 0 bridgehead atoms. The number of ether oxygens (including phenoxy) is 1. The van der Waals surface area contributed by atoms with Crippen molar-refractivity contribution in [2.24, 2.45) is 11.7 Å². The number of carboxylic acid groups (broad SMARTS) is 1. The molecule has 0 saturated heterocycles. The highest BCUT2D eigenvalue weighted by Crippen LogP contribution is 1.97. The Bertz CT molecular complexity index is 346. The number of nitrogens with one attached hydrogen (secondary N) is 2. The molecule has 0 aliphatic heterocycles. The maximum Gasteiger partial charge on any atom is 0.306 e. The van der Waals surface area contributed by atoms with E-state index in [0.717, 1.165) is 0 Å². The average Bonchev–Trinajstić information content (AvgIpc) is 2.39. The Morgan fingerprint density at radius 2 is 1.85 bits per heavy atom. The molecule has 116 valence electrons. The number of hydrogen-bond acceptors (Lipinski definition) is 5. The Morgan fingerprint density at radius 3 is 2.30 bits per heavy atom. The summed E-state index contributed by atoms with van der Waals surface area (Å²) in [6, 6.07) is -0.665. The van der Waals surface area contributed by atoms with Crippen LogP contribution in [0.2, 0.25) is 0 Å². The third-order valence-electron chi connectivity index (χ3n) is 2.71. The van der Waals surface area contributed by atoms with Gasteiger partial charge in [0, 0.05) is 13.7 Å². The third-order valence-corrected chi connectivity index (χ3v) is 2.71. The van der Waals surface area contributed by atoms with Gasteiger partial charge in [0.15, 0.2) is 0 Å². The van der Waals surface area contributed by atoms with E-state index in [4.69, 9.17) is 15.6 Å². The first kappa shape index (κ1) is 18.3. The van der Waals surface area contributed by atoms with Crippen molar-refractivity contribution < 1.29 is 24.2 Å². The maximum absolute atomic E-state index is 11.5. The smallest absolute Gasteiger partial charge is 0.306 e. The highest BCUT2D eigenvalue weighted by atomic mass is 16.5. The second-order valence-corrected chi connectivity index (χ2v) is 4.75. The Balaban J connectivity index is 3.99. The monoisotopic (exact) mass is 289 g/mol. The molecule has 0 aromatic carbocycles. The zero-order valence-electron chi connectivity index (χ0n) is 12.0. The fourth-order valence-corrected chi connectivity index (χ4v) is 1.31. The number of amides is 2. The number of methoxy groups -OCH3 is 1. The Morgan fingerprint density at radius 1 is 1.25 bits per heavy atom. The molecule has 0 saturated carbocycles. The van der Waals surface area contributed by atoms with Crippen molar-refractivity contribution in [3.63, 3.8) is 0 Å². The number of carbonyl (C=O) groups is 3. The first-order chi connectivity index (χ1) is 9.27. The van der Waals surface area contributed by atoms with Gasteiger partial charge in [-0.1, -0.05) is 13.8 Å². The number of carbonyl (C=O) groups excluding carboxylic acids is 2. The van der Waals surface area contributed by atoms with Crippen LogP contribution in [0.4, 0.5) is 0 Å². The zero-order valence-corrected chi connectivity index (χ0v) is 12.0. The van der Waals surface area contributed by atoms with Crippen LogP contribution in [0, 0.1) is 5.92 Å². The molecule has 0 fully saturated rings. The summed E-state index contributed by atoms with van der Waals surface area (Å²) in [7, 11) is 1.36. The molecule has 5 N–H and O–H groups in total. The molecule has 0 aromatic rings. The molecule has 8 heteroatoms. The normalized spacial score (nSPS) is 13.7. The molecule has 2 amide bonds. The SMILES string of the molecule is COC(CNC(=O)CNC(=O)[C@@H](N)C(C)C)CC(=O)O. The van der Waals surface area contributed by atoms with Gasteiger partial charge >= 0.3 is 5.97 Å². The van der Waals surface area contributed by atoms with E-state index in [9.17, 15) is 14.4 Å². The second-order valence-electron chi connectivity index (χ2n) is 4.75. The zero-order chi connectivity index (χ0) is 15.7. The minimum atomic E-state index is -1.01. The predicted molar refractivity (Wildman–Crippen MR) is 71.9 cm³/mol. The van der Waals surface area contributed by atoms with E-state index >= 15 is 0 Å². The molecule has 0 aromatic heterocycles. The summed E-state index contributed by atoms with van der Waals surface area (Å²) >= 11 is 0. The van der Waals surface area contributed by atoms with Gasteiger partial charge in [-0.05, 0) is 5.92 Å². The van der Waals surface area contributed by atoms with Gasteiger partial charge in [0.2, 0.25) is 11.8 Å². The van der Waals surface area contributed by atoms with E-state index in [1.807, 2.05) is 0 Å². The van der Waals surface area contributed by atoms with Crippen LogP contribution >= 0.6 is 0 Å². The van der Waals surface area contributed by atoms with Gasteiger partial charge < -0.3 is 26.2 Å². The molecule has 0 radical (unpaired) electrons. The van der Waals surface area contributed by atoms with Crippen LogP contribution in [0.3, 0.4) is 0 Å². The van der Waals surface area contributed by atoms with Crippen LogP contribution in [0.1, 0.15) is 20.3 Å². The molecule has 0 aliphatic rings. The first-order valence-corrected chi connectivity index (χ1v) is 6.32. The van der Waals surface area contributed by atoms with E-state index in [-0.39, 0.29) is 25.4 Å². The van der Waals surface area contributed by atoms with Crippen LogP contribution in [0.5, 0.6) is 0 Å². The highest BCUT2D eigenvalue weighted by Gasteiger charge is 2.18. The van der Waals surface area contributed by atoms with Crippen molar-refractivity contribution >= 4 is 17.8 Å². The lowest BCUT2D eigenvalue weighted by Gasteiger charge is -2.16. The van der Waals surface area contributed by atoms with Crippen molar-refractivity contribution in [2.75, 3.05) is 20.2 Å². The standard InChI is InChI=1S/C12H23N3O5/c1-7(2)11(13)12(19)15-6-9(16)14-5-8(20-3)4-10(17)18/h7-8,11H,4-6,13H2,1-3H3,(H,14,16)(H,15,19)(H,17,18)/t8?,11-/m0/s1. The molecule has 0 spiro atoms. The Kier molecular flexibility index (Phi) is 8.49. The molecular formula is C12H23N3O5. The molecule has 2 atom stereocenters. The van der Waals surface area contributed by atoms with E-state index in [0.29, 0.717) is 0 Å². The van der Waals surface area contributed by atoms with Crippen molar-refractivity contribution in [1.82, 2.24) is 10.6 Å². The predicted octanol–water partition coefficient (Wildman–Crippen LogP) is -1.31. The fourth-order valence-electron chi connectivity index (χ4n) is 1.31. The number of rotatable bonds is 9. The number of carboxylic acids is 1. The Labute approximate surface area is 118 Å². The number of hydrogen-bond donors (Lipinski definition) is 4. The van der Waals surface area contributed by atoms with E-state index in [1.165, 1.54) is 7.11 Å². The quantitative estimate of drug-likeness (QED) is 0.417. The van der Waals surface area contributed by atoms with Crippen LogP contribution in [-0.4, -0.2) is 55.2 Å². The summed E-state index contributed by atoms with van der Waals surface area (Å²) in [6.45, 7) is 3.47. The number of nitrogens with two attached hydrogens (primary N) is 1. The first-order valence-electron chi connectivity index (χ1n) is 6.32. The molecule has 0 rings (SSSR count). The van der Waals surface area contributed by atoms with Crippen LogP contribution < -0.4 is 16.4 Å². The summed E-state index contributed by atoms with van der Waals surface area (Å²) in [5.41, 5.74) is 5.62. The fraction of sp³-hybridized carbons (Fsp3) is 0.750. The average molecular weight is 289 g/mol. The van der Waals surface area contributed by atoms with Gasteiger partial charge in [-0.25, -0.2) is 0 Å². The summed E-state index contributed by atoms with van der Waals surface area (Å²) in [5.74, 6) is -1.86. The van der Waals surface area contributed by atoms with E-state index in [2.05, 4.69) is 10.6 Å². The highest BCUT2D eigenvalue weighted by molar-refractivity contribution is 5.87. The topological polar surface area (TPSA) is 131 Å². The van der Waals surface area contributed by atoms with Crippen molar-refractivity contribution in [3.05, 3.63) is 0 Å². The van der Waals surface area contributed by atoms with Gasteiger partial charge in [0.25, 0.3) is 0 Å². The van der Waals surface area contributed by atoms with Crippen LogP contribution in [-0.2, 0) is 19.1 Å².